The number of imidazole rings is 1. The van der Waals surface area contributed by atoms with E-state index in [1.165, 1.54) is 25.6 Å². The molecule has 0 spiro atoms. The summed E-state index contributed by atoms with van der Waals surface area (Å²) in [7, 11) is 1.58. The summed E-state index contributed by atoms with van der Waals surface area (Å²) >= 11 is 0. The van der Waals surface area contributed by atoms with Crippen molar-refractivity contribution < 1.29 is 4.74 Å². The molecule has 1 saturated carbocycles. The molecule has 18 heavy (non-hydrogen) atoms. The number of nitrogens with two attached hydrogens (primary N) is 1. The number of rotatable bonds is 2. The van der Waals surface area contributed by atoms with Gasteiger partial charge in [0.2, 0.25) is 11.8 Å². The minimum Gasteiger partial charge on any atom is -0.479 e. The number of hydrogen-bond donors (Lipinski definition) is 1. The van der Waals surface area contributed by atoms with Crippen LogP contribution in [0.3, 0.4) is 0 Å². The van der Waals surface area contributed by atoms with Gasteiger partial charge in [-0.1, -0.05) is 19.3 Å². The summed E-state index contributed by atoms with van der Waals surface area (Å²) in [6, 6.07) is 0.406. The predicted molar refractivity (Wildman–Crippen MR) is 68.4 cm³/mol. The highest BCUT2D eigenvalue weighted by atomic mass is 16.5. The van der Waals surface area contributed by atoms with Gasteiger partial charge in [0.05, 0.1) is 7.11 Å². The molecule has 0 aliphatic heterocycles. The number of methoxy groups -OCH3 is 1. The molecule has 0 bridgehead atoms. The number of nitrogen functional groups attached to an aromatic ring is 1. The van der Waals surface area contributed by atoms with Crippen molar-refractivity contribution in [3.05, 3.63) is 6.33 Å². The molecule has 2 heterocycles. The number of ether oxygens (including phenoxy) is 1. The van der Waals surface area contributed by atoms with E-state index in [2.05, 4.69) is 15.0 Å². The van der Waals surface area contributed by atoms with Crippen LogP contribution < -0.4 is 10.5 Å². The van der Waals surface area contributed by atoms with Crippen LogP contribution in [0.15, 0.2) is 6.33 Å². The van der Waals surface area contributed by atoms with Crippen molar-refractivity contribution in [3.63, 3.8) is 0 Å². The summed E-state index contributed by atoms with van der Waals surface area (Å²) < 4.78 is 7.24. The van der Waals surface area contributed by atoms with Crippen LogP contribution in [0.5, 0.6) is 5.88 Å². The zero-order valence-electron chi connectivity index (χ0n) is 10.5. The van der Waals surface area contributed by atoms with E-state index in [1.54, 1.807) is 7.11 Å². The van der Waals surface area contributed by atoms with Gasteiger partial charge in [0.25, 0.3) is 0 Å². The lowest BCUT2D eigenvalue weighted by atomic mass is 9.95. The Labute approximate surface area is 105 Å². The minimum absolute atomic E-state index is 0.406. The van der Waals surface area contributed by atoms with Gasteiger partial charge in [-0.15, -0.1) is 0 Å². The normalized spacial score (nSPS) is 17.2. The molecule has 1 aliphatic rings. The summed E-state index contributed by atoms with van der Waals surface area (Å²) in [6.07, 6.45) is 7.57. The molecule has 0 radical (unpaired) electrons. The maximum atomic E-state index is 6.04. The van der Waals surface area contributed by atoms with Crippen LogP contribution in [-0.2, 0) is 0 Å². The zero-order valence-corrected chi connectivity index (χ0v) is 10.5. The smallest absolute Gasteiger partial charge is 0.245 e. The Morgan fingerprint density at radius 1 is 1.28 bits per heavy atom. The van der Waals surface area contributed by atoms with Crippen molar-refractivity contribution in [3.8, 4) is 5.88 Å². The fourth-order valence-corrected chi connectivity index (χ4v) is 2.75. The van der Waals surface area contributed by atoms with Crippen LogP contribution in [0.25, 0.3) is 11.2 Å². The molecular formula is C12H17N5O. The maximum absolute atomic E-state index is 6.04. The Bertz CT molecular complexity index is 559. The summed E-state index contributed by atoms with van der Waals surface area (Å²) in [4.78, 5) is 12.7. The number of nitrogens with zero attached hydrogens (tertiary/aromatic N) is 4. The number of anilines is 1. The molecule has 6 nitrogen and oxygen atoms in total. The van der Waals surface area contributed by atoms with Crippen LogP contribution >= 0.6 is 0 Å². The van der Waals surface area contributed by atoms with Gasteiger partial charge < -0.3 is 10.5 Å². The summed E-state index contributed by atoms with van der Waals surface area (Å²) in [6.45, 7) is 0. The van der Waals surface area contributed by atoms with E-state index in [9.17, 15) is 0 Å². The van der Waals surface area contributed by atoms with Gasteiger partial charge in [0.15, 0.2) is 11.2 Å². The van der Waals surface area contributed by atoms with Crippen molar-refractivity contribution in [1.82, 2.24) is 19.5 Å². The van der Waals surface area contributed by atoms with Crippen LogP contribution in [0.4, 0.5) is 5.95 Å². The predicted octanol–water partition coefficient (Wildman–Crippen LogP) is 1.92. The first-order valence-electron chi connectivity index (χ1n) is 6.33. The van der Waals surface area contributed by atoms with Crippen molar-refractivity contribution in [2.45, 2.75) is 38.1 Å². The molecular weight excluding hydrogens is 230 g/mol. The Morgan fingerprint density at radius 2 is 2.06 bits per heavy atom. The second kappa shape index (κ2) is 4.44. The first-order valence-corrected chi connectivity index (χ1v) is 6.33. The molecule has 6 heteroatoms. The average Bonchev–Trinajstić information content (AvgIpc) is 2.75. The Morgan fingerprint density at radius 3 is 2.78 bits per heavy atom. The van der Waals surface area contributed by atoms with Crippen molar-refractivity contribution in [1.29, 1.82) is 0 Å². The quantitative estimate of drug-likeness (QED) is 0.877. The molecule has 1 aliphatic carbocycles. The highest BCUT2D eigenvalue weighted by Crippen LogP contribution is 2.33. The van der Waals surface area contributed by atoms with E-state index in [4.69, 9.17) is 10.5 Å². The van der Waals surface area contributed by atoms with E-state index in [0.29, 0.717) is 23.4 Å². The van der Waals surface area contributed by atoms with E-state index in [1.807, 2.05) is 4.57 Å². The van der Waals surface area contributed by atoms with Gasteiger partial charge >= 0.3 is 0 Å². The molecule has 2 aromatic rings. The average molecular weight is 247 g/mol. The third-order valence-corrected chi connectivity index (χ3v) is 3.60. The third kappa shape index (κ3) is 1.68. The standard InChI is InChI=1S/C12H17N5O/c1-18-11-9-10(14-7-15-11)17(12(13)16-9)8-5-3-2-4-6-8/h7-8H,2-6H2,1H3,(H2,13,16). The zero-order chi connectivity index (χ0) is 12.5. The fraction of sp³-hybridized carbons (Fsp3) is 0.583. The molecule has 0 atom stereocenters. The van der Waals surface area contributed by atoms with Crippen LogP contribution in [0.1, 0.15) is 38.1 Å². The second-order valence-corrected chi connectivity index (χ2v) is 4.69. The van der Waals surface area contributed by atoms with Gasteiger partial charge in [0, 0.05) is 6.04 Å². The highest BCUT2D eigenvalue weighted by molar-refractivity contribution is 5.79. The van der Waals surface area contributed by atoms with Gasteiger partial charge in [0.1, 0.15) is 6.33 Å². The first kappa shape index (κ1) is 11.3. The molecule has 2 aromatic heterocycles. The van der Waals surface area contributed by atoms with Gasteiger partial charge in [-0.3, -0.25) is 4.57 Å². The molecule has 0 amide bonds. The Balaban J connectivity index is 2.13. The third-order valence-electron chi connectivity index (χ3n) is 3.60. The van der Waals surface area contributed by atoms with Crippen LogP contribution in [-0.4, -0.2) is 26.6 Å². The lowest BCUT2D eigenvalue weighted by Crippen LogP contribution is -2.15. The lowest BCUT2D eigenvalue weighted by Gasteiger charge is -2.23. The Hall–Kier alpha value is -1.85. The van der Waals surface area contributed by atoms with Gasteiger partial charge in [-0.2, -0.15) is 4.98 Å². The van der Waals surface area contributed by atoms with Crippen molar-refractivity contribution >= 4 is 17.1 Å². The number of aromatic nitrogens is 4. The molecule has 3 rings (SSSR count). The summed E-state index contributed by atoms with van der Waals surface area (Å²) in [5.74, 6) is 0.997. The van der Waals surface area contributed by atoms with Crippen LogP contribution in [0.2, 0.25) is 0 Å². The molecule has 0 aromatic carbocycles. The topological polar surface area (TPSA) is 78.8 Å². The van der Waals surface area contributed by atoms with Crippen molar-refractivity contribution in [2.24, 2.45) is 0 Å². The SMILES string of the molecule is COc1ncnc2c1nc(N)n2C1CCCCC1. The van der Waals surface area contributed by atoms with Crippen molar-refractivity contribution in [2.75, 3.05) is 12.8 Å². The molecule has 0 saturated heterocycles. The maximum Gasteiger partial charge on any atom is 0.245 e. The van der Waals surface area contributed by atoms with Crippen LogP contribution in [0, 0.1) is 0 Å². The second-order valence-electron chi connectivity index (χ2n) is 4.69. The number of hydrogen-bond acceptors (Lipinski definition) is 5. The van der Waals surface area contributed by atoms with E-state index in [-0.39, 0.29) is 0 Å². The minimum atomic E-state index is 0.406. The molecule has 2 N–H and O–H groups in total. The summed E-state index contributed by atoms with van der Waals surface area (Å²) in [5, 5.41) is 0. The van der Waals surface area contributed by atoms with E-state index >= 15 is 0 Å². The number of fused-ring (bicyclic) bond motifs is 1. The Kier molecular flexibility index (Phi) is 2.77. The first-order chi connectivity index (χ1) is 8.81. The fourth-order valence-electron chi connectivity index (χ4n) is 2.75. The molecule has 96 valence electrons. The summed E-state index contributed by atoms with van der Waals surface area (Å²) in [5.41, 5.74) is 7.48. The largest absolute Gasteiger partial charge is 0.479 e. The van der Waals surface area contributed by atoms with Gasteiger partial charge in [-0.05, 0) is 12.8 Å². The van der Waals surface area contributed by atoms with Gasteiger partial charge in [-0.25, -0.2) is 9.97 Å². The highest BCUT2D eigenvalue weighted by Gasteiger charge is 2.22. The van der Waals surface area contributed by atoms with E-state index in [0.717, 1.165) is 18.5 Å². The molecule has 1 fully saturated rings. The van der Waals surface area contributed by atoms with E-state index < -0.39 is 0 Å². The molecule has 0 unspecified atom stereocenters. The lowest BCUT2D eigenvalue weighted by molar-refractivity contribution is 0.361. The monoisotopic (exact) mass is 247 g/mol.